The number of rotatable bonds is 14. The van der Waals surface area contributed by atoms with Gasteiger partial charge >= 0.3 is 5.97 Å². The molecule has 0 saturated heterocycles. The monoisotopic (exact) mass is 698 g/mol. The highest BCUT2D eigenvalue weighted by atomic mass is 35.5. The van der Waals surface area contributed by atoms with Crippen LogP contribution in [0.3, 0.4) is 0 Å². The van der Waals surface area contributed by atoms with Crippen molar-refractivity contribution in [3.05, 3.63) is 99.0 Å². The van der Waals surface area contributed by atoms with Crippen molar-refractivity contribution in [1.82, 2.24) is 4.98 Å². The lowest BCUT2D eigenvalue weighted by Gasteiger charge is -2.18. The van der Waals surface area contributed by atoms with Crippen LogP contribution >= 0.6 is 22.9 Å². The van der Waals surface area contributed by atoms with Crippen LogP contribution in [0, 0.1) is 0 Å². The smallest absolute Gasteiger partial charge is 0.347 e. The second-order valence-electron chi connectivity index (χ2n) is 11.9. The summed E-state index contributed by atoms with van der Waals surface area (Å²) in [6, 6.07) is 18.0. The molecule has 0 aliphatic heterocycles. The molecule has 3 aromatic carbocycles. The van der Waals surface area contributed by atoms with E-state index in [-0.39, 0.29) is 35.0 Å². The molecule has 250 valence electrons. The Balaban J connectivity index is 1.48. The number of benzene rings is 3. The molecule has 47 heavy (non-hydrogen) atoms. The van der Waals surface area contributed by atoms with Gasteiger partial charge in [0.1, 0.15) is 23.1 Å². The first kappa shape index (κ1) is 35.9. The van der Waals surface area contributed by atoms with E-state index in [4.69, 9.17) is 25.8 Å². The third kappa shape index (κ3) is 10.3. The third-order valence-electron chi connectivity index (χ3n) is 7.04. The number of carbonyl (C=O) groups is 2. The number of aryl methyl sites for hydroxylation is 1. The van der Waals surface area contributed by atoms with Gasteiger partial charge in [0.25, 0.3) is 5.91 Å². The maximum Gasteiger partial charge on any atom is 0.347 e. The minimum atomic E-state index is -3.50. The zero-order valence-corrected chi connectivity index (χ0v) is 29.4. The van der Waals surface area contributed by atoms with Gasteiger partial charge in [0, 0.05) is 21.4 Å². The van der Waals surface area contributed by atoms with E-state index in [0.717, 1.165) is 16.3 Å². The number of hydrogen-bond donors (Lipinski definition) is 1. The van der Waals surface area contributed by atoms with Gasteiger partial charge in [-0.05, 0) is 86.8 Å². The van der Waals surface area contributed by atoms with Gasteiger partial charge in [0.2, 0.25) is 0 Å². The molecule has 0 saturated carbocycles. The zero-order valence-electron chi connectivity index (χ0n) is 27.0. The highest BCUT2D eigenvalue weighted by Crippen LogP contribution is 2.30. The van der Waals surface area contributed by atoms with Crippen molar-refractivity contribution in [2.75, 3.05) is 17.7 Å². The Bertz CT molecular complexity index is 1800. The number of amides is 1. The fraction of sp³-hybridized carbons (Fsp3) is 0.343. The van der Waals surface area contributed by atoms with E-state index in [0.29, 0.717) is 34.9 Å². The van der Waals surface area contributed by atoms with E-state index >= 15 is 0 Å². The van der Waals surface area contributed by atoms with Gasteiger partial charge in [-0.15, -0.1) is 11.3 Å². The average molecular weight is 699 g/mol. The quantitative estimate of drug-likeness (QED) is 0.133. The number of thiazole rings is 1. The van der Waals surface area contributed by atoms with Crippen molar-refractivity contribution in [1.29, 1.82) is 0 Å². The van der Waals surface area contributed by atoms with E-state index in [1.165, 1.54) is 23.5 Å². The molecule has 9 nitrogen and oxygen atoms in total. The molecule has 4 aromatic rings. The van der Waals surface area contributed by atoms with Gasteiger partial charge in [-0.25, -0.2) is 18.2 Å². The maximum atomic E-state index is 13.5. The summed E-state index contributed by atoms with van der Waals surface area (Å²) < 4.78 is 42.5. The summed E-state index contributed by atoms with van der Waals surface area (Å²) in [4.78, 5) is 30.6. The second-order valence-corrected chi connectivity index (χ2v) is 15.4. The van der Waals surface area contributed by atoms with Crippen molar-refractivity contribution in [3.8, 4) is 11.5 Å². The zero-order chi connectivity index (χ0) is 34.2. The van der Waals surface area contributed by atoms with Crippen LogP contribution in [0.1, 0.15) is 67.7 Å². The van der Waals surface area contributed by atoms with Crippen LogP contribution in [0.15, 0.2) is 77.0 Å². The molecule has 1 aromatic heterocycles. The Morgan fingerprint density at radius 2 is 1.79 bits per heavy atom. The first-order valence-corrected chi connectivity index (χ1v) is 18.1. The Morgan fingerprint density at radius 3 is 2.47 bits per heavy atom. The highest BCUT2D eigenvalue weighted by molar-refractivity contribution is 7.91. The molecular weight excluding hydrogens is 660 g/mol. The summed E-state index contributed by atoms with van der Waals surface area (Å²) in [5.41, 5.74) is 2.39. The molecule has 1 N–H and O–H groups in total. The average Bonchev–Trinajstić information content (AvgIpc) is 3.52. The van der Waals surface area contributed by atoms with Crippen molar-refractivity contribution in [3.63, 3.8) is 0 Å². The number of ether oxygens (including phenoxy) is 3. The Labute approximate surface area is 285 Å². The molecule has 12 heteroatoms. The van der Waals surface area contributed by atoms with Crippen LogP contribution in [-0.2, 0) is 37.8 Å². The normalized spacial score (nSPS) is 12.3. The molecule has 1 atom stereocenters. The molecule has 0 radical (unpaired) electrons. The van der Waals surface area contributed by atoms with Crippen LogP contribution in [0.4, 0.5) is 5.69 Å². The SMILES string of the molecule is CCOC(=O)C(C)Oc1ccc(CCCS(=O)(=O)c2ccc(Cl)cc2)cc1NC(=O)c1cccc(OCc2nc(C(C)(C)C)cs2)c1. The molecule has 0 fully saturated rings. The molecule has 0 bridgehead atoms. The Hall–Kier alpha value is -3.93. The van der Waals surface area contributed by atoms with Gasteiger partial charge in [-0.3, -0.25) is 4.79 Å². The third-order valence-corrected chi connectivity index (χ3v) is 9.94. The molecule has 0 aliphatic rings. The number of carbonyl (C=O) groups excluding carboxylic acids is 2. The standard InChI is InChI=1S/C35H39ClN2O7S2/c1-6-43-34(40)23(2)45-30-17-12-24(9-8-18-47(41,42)28-15-13-26(36)14-16-28)19-29(30)37-33(39)25-10-7-11-27(20-25)44-21-32-38-31(22-46-32)35(3,4)5/h7,10-17,19-20,22-23H,6,8-9,18,21H2,1-5H3,(H,37,39). The lowest BCUT2D eigenvalue weighted by atomic mass is 9.93. The lowest BCUT2D eigenvalue weighted by molar-refractivity contribution is -0.150. The van der Waals surface area contributed by atoms with Crippen molar-refractivity contribution in [2.45, 2.75) is 70.5 Å². The molecule has 1 amide bonds. The predicted molar refractivity (Wildman–Crippen MR) is 185 cm³/mol. The van der Waals surface area contributed by atoms with Crippen LogP contribution in [-0.4, -0.2) is 43.7 Å². The number of nitrogens with one attached hydrogen (secondary N) is 1. The van der Waals surface area contributed by atoms with Crippen molar-refractivity contribution in [2.24, 2.45) is 0 Å². The number of sulfone groups is 1. The van der Waals surface area contributed by atoms with Crippen LogP contribution < -0.4 is 14.8 Å². The maximum absolute atomic E-state index is 13.5. The summed E-state index contributed by atoms with van der Waals surface area (Å²) in [5, 5.41) is 6.21. The van der Waals surface area contributed by atoms with E-state index in [2.05, 4.69) is 31.1 Å². The number of hydrogen-bond acceptors (Lipinski definition) is 9. The van der Waals surface area contributed by atoms with E-state index in [1.54, 1.807) is 68.4 Å². The van der Waals surface area contributed by atoms with Gasteiger partial charge < -0.3 is 19.5 Å². The summed E-state index contributed by atoms with van der Waals surface area (Å²) in [6.45, 7) is 10.0. The number of esters is 1. The van der Waals surface area contributed by atoms with E-state index in [1.807, 2.05) is 5.38 Å². The predicted octanol–water partition coefficient (Wildman–Crippen LogP) is 7.66. The van der Waals surface area contributed by atoms with Crippen LogP contribution in [0.2, 0.25) is 5.02 Å². The van der Waals surface area contributed by atoms with Gasteiger partial charge in [-0.2, -0.15) is 0 Å². The molecule has 1 unspecified atom stereocenters. The highest BCUT2D eigenvalue weighted by Gasteiger charge is 2.21. The molecular formula is C35H39ClN2O7S2. The van der Waals surface area contributed by atoms with Crippen LogP contribution in [0.5, 0.6) is 11.5 Å². The van der Waals surface area contributed by atoms with E-state index < -0.39 is 27.8 Å². The number of nitrogens with zero attached hydrogens (tertiary/aromatic N) is 1. The second kappa shape index (κ2) is 15.8. The largest absolute Gasteiger partial charge is 0.486 e. The first-order valence-electron chi connectivity index (χ1n) is 15.2. The van der Waals surface area contributed by atoms with Gasteiger partial charge in [0.15, 0.2) is 15.9 Å². The first-order chi connectivity index (χ1) is 22.2. The fourth-order valence-corrected chi connectivity index (χ4v) is 6.81. The van der Waals surface area contributed by atoms with Crippen molar-refractivity contribution >= 4 is 50.3 Å². The summed E-state index contributed by atoms with van der Waals surface area (Å²) in [7, 11) is -3.50. The summed E-state index contributed by atoms with van der Waals surface area (Å²) in [5.74, 6) is -0.257. The van der Waals surface area contributed by atoms with Crippen molar-refractivity contribution < 1.29 is 32.2 Å². The Kier molecular flexibility index (Phi) is 12.1. The number of halogens is 1. The van der Waals surface area contributed by atoms with Gasteiger partial charge in [-0.1, -0.05) is 44.5 Å². The summed E-state index contributed by atoms with van der Waals surface area (Å²) in [6.07, 6.45) is -0.171. The Morgan fingerprint density at radius 1 is 1.04 bits per heavy atom. The molecule has 0 aliphatic carbocycles. The molecule has 0 spiro atoms. The lowest BCUT2D eigenvalue weighted by Crippen LogP contribution is -2.26. The molecule has 1 heterocycles. The van der Waals surface area contributed by atoms with Gasteiger partial charge in [0.05, 0.1) is 28.6 Å². The molecule has 4 rings (SSSR count). The minimum absolute atomic E-state index is 0.0597. The summed E-state index contributed by atoms with van der Waals surface area (Å²) >= 11 is 7.43. The van der Waals surface area contributed by atoms with Crippen LogP contribution in [0.25, 0.3) is 0 Å². The fourth-order valence-electron chi connectivity index (χ4n) is 4.45. The number of anilines is 1. The minimum Gasteiger partial charge on any atom is -0.486 e. The topological polar surface area (TPSA) is 121 Å². The van der Waals surface area contributed by atoms with E-state index in [9.17, 15) is 18.0 Å². The number of aromatic nitrogens is 1.